The van der Waals surface area contributed by atoms with Gasteiger partial charge in [0, 0.05) is 12.0 Å². The minimum atomic E-state index is -3.46. The van der Waals surface area contributed by atoms with Crippen LogP contribution in [0, 0.1) is 13.8 Å². The summed E-state index contributed by atoms with van der Waals surface area (Å²) in [4.78, 5) is 10.6. The van der Waals surface area contributed by atoms with E-state index in [2.05, 4.69) is 5.16 Å². The highest BCUT2D eigenvalue weighted by atomic mass is 32.2. The largest absolute Gasteiger partial charge is 0.481 e. The van der Waals surface area contributed by atoms with E-state index in [9.17, 15) is 13.2 Å². The number of nitrogens with zero attached hydrogens (tertiary/aromatic N) is 1. The standard InChI is InChI=1S/C15H17NO5S/c1-10-15(11(2)21-16-10)12-5-7-13(8-6-12)22(19,20)9-3-4-14(17)18/h5-8H,3-4,9H2,1-2H3,(H,17,18). The van der Waals surface area contributed by atoms with Crippen molar-refractivity contribution >= 4 is 15.8 Å². The third-order valence-corrected chi connectivity index (χ3v) is 5.16. The molecule has 2 aromatic rings. The van der Waals surface area contributed by atoms with Crippen LogP contribution in [0.2, 0.25) is 0 Å². The fourth-order valence-corrected chi connectivity index (χ4v) is 3.57. The van der Waals surface area contributed by atoms with Gasteiger partial charge in [0.05, 0.1) is 16.3 Å². The average molecular weight is 323 g/mol. The van der Waals surface area contributed by atoms with Crippen molar-refractivity contribution in [2.24, 2.45) is 0 Å². The number of carboxylic acids is 1. The molecule has 1 aromatic carbocycles. The molecule has 22 heavy (non-hydrogen) atoms. The van der Waals surface area contributed by atoms with Crippen LogP contribution in [0.4, 0.5) is 0 Å². The van der Waals surface area contributed by atoms with Crippen molar-refractivity contribution in [1.82, 2.24) is 5.16 Å². The zero-order valence-electron chi connectivity index (χ0n) is 12.4. The summed E-state index contributed by atoms with van der Waals surface area (Å²) in [5.41, 5.74) is 2.44. The van der Waals surface area contributed by atoms with Crippen LogP contribution in [0.3, 0.4) is 0 Å². The van der Waals surface area contributed by atoms with Crippen molar-refractivity contribution in [3.8, 4) is 11.1 Å². The summed E-state index contributed by atoms with van der Waals surface area (Å²) in [5.74, 6) is -0.497. The highest BCUT2D eigenvalue weighted by Gasteiger charge is 2.16. The number of hydrogen-bond acceptors (Lipinski definition) is 5. The molecule has 0 amide bonds. The van der Waals surface area contributed by atoms with Crippen LogP contribution in [0.5, 0.6) is 0 Å². The van der Waals surface area contributed by atoms with Gasteiger partial charge in [-0.2, -0.15) is 0 Å². The maximum atomic E-state index is 12.1. The van der Waals surface area contributed by atoms with E-state index >= 15 is 0 Å². The van der Waals surface area contributed by atoms with Crippen LogP contribution in [0.15, 0.2) is 33.7 Å². The molecule has 0 aliphatic heterocycles. The molecular weight excluding hydrogens is 306 g/mol. The first-order valence-electron chi connectivity index (χ1n) is 6.79. The van der Waals surface area contributed by atoms with Gasteiger partial charge in [0.25, 0.3) is 0 Å². The van der Waals surface area contributed by atoms with Crippen molar-refractivity contribution in [2.45, 2.75) is 31.6 Å². The van der Waals surface area contributed by atoms with Gasteiger partial charge in [-0.15, -0.1) is 0 Å². The fourth-order valence-electron chi connectivity index (χ4n) is 2.26. The molecule has 1 aromatic heterocycles. The Balaban J connectivity index is 2.20. The fraction of sp³-hybridized carbons (Fsp3) is 0.333. The lowest BCUT2D eigenvalue weighted by Crippen LogP contribution is -2.08. The van der Waals surface area contributed by atoms with Gasteiger partial charge < -0.3 is 9.63 Å². The van der Waals surface area contributed by atoms with Crippen LogP contribution in [-0.4, -0.2) is 30.4 Å². The Labute approximate surface area is 128 Å². The number of sulfone groups is 1. The predicted octanol–water partition coefficient (Wildman–Crippen LogP) is 2.60. The molecule has 0 atom stereocenters. The van der Waals surface area contributed by atoms with E-state index < -0.39 is 15.8 Å². The Morgan fingerprint density at radius 3 is 2.36 bits per heavy atom. The smallest absolute Gasteiger partial charge is 0.303 e. The van der Waals surface area contributed by atoms with E-state index in [-0.39, 0.29) is 23.5 Å². The zero-order valence-corrected chi connectivity index (χ0v) is 13.2. The second-order valence-electron chi connectivity index (χ2n) is 5.04. The number of hydrogen-bond donors (Lipinski definition) is 1. The average Bonchev–Trinajstić information content (AvgIpc) is 2.78. The van der Waals surface area contributed by atoms with E-state index in [0.29, 0.717) is 5.76 Å². The number of rotatable bonds is 6. The molecule has 1 N–H and O–H groups in total. The molecule has 118 valence electrons. The van der Waals surface area contributed by atoms with Gasteiger partial charge in [-0.3, -0.25) is 4.79 Å². The van der Waals surface area contributed by atoms with E-state index in [4.69, 9.17) is 9.63 Å². The summed E-state index contributed by atoms with van der Waals surface area (Å²) in [7, 11) is -3.46. The number of benzene rings is 1. The third-order valence-electron chi connectivity index (χ3n) is 3.34. The zero-order chi connectivity index (χ0) is 16.3. The first-order chi connectivity index (χ1) is 10.3. The highest BCUT2D eigenvalue weighted by Crippen LogP contribution is 2.27. The predicted molar refractivity (Wildman–Crippen MR) is 80.3 cm³/mol. The maximum absolute atomic E-state index is 12.1. The molecule has 0 spiro atoms. The first kappa shape index (κ1) is 16.2. The lowest BCUT2D eigenvalue weighted by molar-refractivity contribution is -0.137. The van der Waals surface area contributed by atoms with Crippen LogP contribution in [0.1, 0.15) is 24.3 Å². The number of aliphatic carboxylic acids is 1. The maximum Gasteiger partial charge on any atom is 0.303 e. The number of aryl methyl sites for hydroxylation is 2. The molecule has 0 fully saturated rings. The van der Waals surface area contributed by atoms with E-state index in [0.717, 1.165) is 16.8 Å². The topological polar surface area (TPSA) is 97.5 Å². The van der Waals surface area contributed by atoms with E-state index in [1.165, 1.54) is 12.1 Å². The second kappa shape index (κ2) is 6.31. The Hall–Kier alpha value is -2.15. The number of carboxylic acid groups (broad SMARTS) is 1. The lowest BCUT2D eigenvalue weighted by Gasteiger charge is -2.05. The van der Waals surface area contributed by atoms with E-state index in [1.54, 1.807) is 19.1 Å². The molecule has 1 heterocycles. The van der Waals surface area contributed by atoms with Crippen molar-refractivity contribution in [3.05, 3.63) is 35.7 Å². The second-order valence-corrected chi connectivity index (χ2v) is 7.15. The quantitative estimate of drug-likeness (QED) is 0.877. The van der Waals surface area contributed by atoms with Crippen molar-refractivity contribution in [1.29, 1.82) is 0 Å². The van der Waals surface area contributed by atoms with Crippen LogP contribution in [-0.2, 0) is 14.6 Å². The minimum absolute atomic E-state index is 0.100. The normalized spacial score (nSPS) is 11.5. The SMILES string of the molecule is Cc1noc(C)c1-c1ccc(S(=O)(=O)CCCC(=O)O)cc1. The van der Waals surface area contributed by atoms with Gasteiger partial charge in [-0.1, -0.05) is 17.3 Å². The summed E-state index contributed by atoms with van der Waals surface area (Å²) in [6.45, 7) is 3.62. The van der Waals surface area contributed by atoms with Gasteiger partial charge >= 0.3 is 5.97 Å². The molecule has 0 unspecified atom stereocenters. The van der Waals surface area contributed by atoms with Gasteiger partial charge in [0.2, 0.25) is 0 Å². The van der Waals surface area contributed by atoms with Crippen LogP contribution in [0.25, 0.3) is 11.1 Å². The van der Waals surface area contributed by atoms with Crippen LogP contribution >= 0.6 is 0 Å². The summed E-state index contributed by atoms with van der Waals surface area (Å²) >= 11 is 0. The molecule has 0 aliphatic rings. The van der Waals surface area contributed by atoms with Crippen molar-refractivity contribution in [2.75, 3.05) is 5.75 Å². The summed E-state index contributed by atoms with van der Waals surface area (Å²) in [6.07, 6.45) is -0.0559. The first-order valence-corrected chi connectivity index (χ1v) is 8.44. The monoisotopic (exact) mass is 323 g/mol. The number of aromatic nitrogens is 1. The third kappa shape index (κ3) is 3.54. The van der Waals surface area contributed by atoms with E-state index in [1.807, 2.05) is 6.92 Å². The summed E-state index contributed by atoms with van der Waals surface area (Å²) in [6, 6.07) is 6.46. The molecule has 7 heteroatoms. The molecule has 0 saturated heterocycles. The molecule has 0 radical (unpaired) electrons. The summed E-state index contributed by atoms with van der Waals surface area (Å²) in [5, 5.41) is 12.4. The molecule has 6 nitrogen and oxygen atoms in total. The van der Waals surface area contributed by atoms with Gasteiger partial charge in [-0.05, 0) is 38.0 Å². The Bertz CT molecular complexity index is 755. The highest BCUT2D eigenvalue weighted by molar-refractivity contribution is 7.91. The lowest BCUT2D eigenvalue weighted by atomic mass is 10.0. The van der Waals surface area contributed by atoms with Crippen molar-refractivity contribution < 1.29 is 22.8 Å². The molecule has 0 aliphatic carbocycles. The molecule has 2 rings (SSSR count). The van der Waals surface area contributed by atoms with Gasteiger partial charge in [-0.25, -0.2) is 8.42 Å². The minimum Gasteiger partial charge on any atom is -0.481 e. The molecule has 0 bridgehead atoms. The Kier molecular flexibility index (Phi) is 4.65. The Morgan fingerprint density at radius 1 is 1.23 bits per heavy atom. The van der Waals surface area contributed by atoms with Gasteiger partial charge in [0.1, 0.15) is 5.76 Å². The number of carbonyl (C=O) groups is 1. The van der Waals surface area contributed by atoms with Crippen molar-refractivity contribution in [3.63, 3.8) is 0 Å². The Morgan fingerprint density at radius 2 is 1.86 bits per heavy atom. The molecule has 0 saturated carbocycles. The van der Waals surface area contributed by atoms with Gasteiger partial charge in [0.15, 0.2) is 9.84 Å². The molecular formula is C15H17NO5S. The van der Waals surface area contributed by atoms with Crippen LogP contribution < -0.4 is 0 Å². The summed E-state index contributed by atoms with van der Waals surface area (Å²) < 4.78 is 29.3.